The van der Waals surface area contributed by atoms with Gasteiger partial charge in [-0.3, -0.25) is 0 Å². The molecule has 2 aromatic rings. The average molecular weight is 282 g/mol. The molecule has 2 rings (SSSR count). The Balaban J connectivity index is 1.97. The van der Waals surface area contributed by atoms with Crippen LogP contribution in [0.1, 0.15) is 33.4 Å². The molecule has 0 aliphatic rings. The zero-order chi connectivity index (χ0) is 14.5. The van der Waals surface area contributed by atoms with E-state index in [1.54, 1.807) is 0 Å². The van der Waals surface area contributed by atoms with E-state index in [-0.39, 0.29) is 0 Å². The average Bonchev–Trinajstić information content (AvgIpc) is 2.39. The third kappa shape index (κ3) is 4.01. The van der Waals surface area contributed by atoms with Crippen molar-refractivity contribution in [3.63, 3.8) is 0 Å². The summed E-state index contributed by atoms with van der Waals surface area (Å²) in [5.41, 5.74) is 8.12. The van der Waals surface area contributed by atoms with Crippen molar-refractivity contribution in [2.24, 2.45) is 0 Å². The Bertz CT molecular complexity index is 624. The van der Waals surface area contributed by atoms with Crippen LogP contribution >= 0.6 is 11.8 Å². The molecule has 0 heterocycles. The predicted molar refractivity (Wildman–Crippen MR) is 92.2 cm³/mol. The molecular formula is C19H22S. The molecule has 104 valence electrons. The van der Waals surface area contributed by atoms with Crippen molar-refractivity contribution < 1.29 is 0 Å². The maximum atomic E-state index is 2.25. The minimum absolute atomic E-state index is 1.04. The summed E-state index contributed by atoms with van der Waals surface area (Å²) in [7, 11) is 0. The highest BCUT2D eigenvalue weighted by atomic mass is 32.2. The Morgan fingerprint density at radius 3 is 2.15 bits per heavy atom. The maximum absolute atomic E-state index is 2.25. The van der Waals surface area contributed by atoms with Crippen LogP contribution in [0.3, 0.4) is 0 Å². The first kappa shape index (κ1) is 14.9. The Labute approximate surface area is 126 Å². The standard InChI is InChI=1S/C19H22S/c1-14-5-7-18(16(3)11-14)9-10-20-13-19-8-6-15(2)12-17(19)4/h5-12H,13H2,1-4H3/b10-9+. The van der Waals surface area contributed by atoms with Crippen LogP contribution in [0.2, 0.25) is 0 Å². The van der Waals surface area contributed by atoms with Crippen LogP contribution < -0.4 is 0 Å². The van der Waals surface area contributed by atoms with Gasteiger partial charge in [0.2, 0.25) is 0 Å². The van der Waals surface area contributed by atoms with Gasteiger partial charge in [0.25, 0.3) is 0 Å². The Morgan fingerprint density at radius 1 is 0.850 bits per heavy atom. The van der Waals surface area contributed by atoms with Gasteiger partial charge >= 0.3 is 0 Å². The lowest BCUT2D eigenvalue weighted by atomic mass is 10.1. The fourth-order valence-corrected chi connectivity index (χ4v) is 3.12. The number of benzene rings is 2. The number of aryl methyl sites for hydroxylation is 4. The molecule has 0 fully saturated rings. The van der Waals surface area contributed by atoms with E-state index in [2.05, 4.69) is 75.6 Å². The summed E-state index contributed by atoms with van der Waals surface area (Å²) in [6.45, 7) is 8.64. The van der Waals surface area contributed by atoms with Crippen LogP contribution in [0.25, 0.3) is 6.08 Å². The van der Waals surface area contributed by atoms with Crippen LogP contribution in [-0.4, -0.2) is 0 Å². The lowest BCUT2D eigenvalue weighted by Gasteiger charge is -2.05. The second-order valence-corrected chi connectivity index (χ2v) is 6.30. The molecule has 0 bridgehead atoms. The SMILES string of the molecule is Cc1ccc(/C=C/SCc2ccc(C)cc2C)c(C)c1. The van der Waals surface area contributed by atoms with Crippen LogP contribution in [0, 0.1) is 27.7 Å². The number of hydrogen-bond acceptors (Lipinski definition) is 1. The summed E-state index contributed by atoms with van der Waals surface area (Å²) in [6.07, 6.45) is 2.21. The zero-order valence-electron chi connectivity index (χ0n) is 12.7. The monoisotopic (exact) mass is 282 g/mol. The highest BCUT2D eigenvalue weighted by Gasteiger charge is 1.98. The lowest BCUT2D eigenvalue weighted by Crippen LogP contribution is -1.86. The molecule has 0 unspecified atom stereocenters. The molecule has 0 aliphatic heterocycles. The first-order valence-corrected chi connectivity index (χ1v) is 8.02. The summed E-state index contributed by atoms with van der Waals surface area (Å²) >= 11 is 1.85. The first-order valence-electron chi connectivity index (χ1n) is 6.98. The van der Waals surface area contributed by atoms with Crippen molar-refractivity contribution in [3.8, 4) is 0 Å². The second kappa shape index (κ2) is 6.81. The molecule has 0 saturated carbocycles. The molecule has 0 nitrogen and oxygen atoms in total. The maximum Gasteiger partial charge on any atom is 0.0228 e. The van der Waals surface area contributed by atoms with E-state index in [0.717, 1.165) is 5.75 Å². The van der Waals surface area contributed by atoms with E-state index in [0.29, 0.717) is 0 Å². The van der Waals surface area contributed by atoms with E-state index in [4.69, 9.17) is 0 Å². The molecule has 1 heteroatoms. The Morgan fingerprint density at radius 2 is 1.50 bits per heavy atom. The van der Waals surface area contributed by atoms with Gasteiger partial charge in [-0.1, -0.05) is 47.5 Å². The Hall–Kier alpha value is -1.47. The molecule has 2 aromatic carbocycles. The van der Waals surface area contributed by atoms with Crippen LogP contribution in [0.15, 0.2) is 41.8 Å². The van der Waals surface area contributed by atoms with Crippen molar-refractivity contribution >= 4 is 17.8 Å². The molecular weight excluding hydrogens is 260 g/mol. The summed E-state index contributed by atoms with van der Waals surface area (Å²) in [5.74, 6) is 1.04. The highest BCUT2D eigenvalue weighted by Crippen LogP contribution is 2.20. The Kier molecular flexibility index (Phi) is 5.08. The molecule has 0 aromatic heterocycles. The van der Waals surface area contributed by atoms with Crippen molar-refractivity contribution in [1.29, 1.82) is 0 Å². The van der Waals surface area contributed by atoms with Crippen molar-refractivity contribution in [2.45, 2.75) is 33.4 Å². The summed E-state index contributed by atoms with van der Waals surface area (Å²) < 4.78 is 0. The quantitative estimate of drug-likeness (QED) is 0.680. The van der Waals surface area contributed by atoms with Crippen LogP contribution in [0.5, 0.6) is 0 Å². The third-order valence-electron chi connectivity index (χ3n) is 3.51. The van der Waals surface area contributed by atoms with E-state index in [1.165, 1.54) is 33.4 Å². The van der Waals surface area contributed by atoms with E-state index >= 15 is 0 Å². The van der Waals surface area contributed by atoms with E-state index < -0.39 is 0 Å². The minimum atomic E-state index is 1.04. The van der Waals surface area contributed by atoms with Gasteiger partial charge in [-0.25, -0.2) is 0 Å². The first-order chi connectivity index (χ1) is 9.56. The van der Waals surface area contributed by atoms with Crippen LogP contribution in [-0.2, 0) is 5.75 Å². The van der Waals surface area contributed by atoms with E-state index in [1.807, 2.05) is 11.8 Å². The zero-order valence-corrected chi connectivity index (χ0v) is 13.6. The molecule has 0 amide bonds. The largest absolute Gasteiger partial charge is 0.129 e. The van der Waals surface area contributed by atoms with Gasteiger partial charge in [-0.2, -0.15) is 0 Å². The van der Waals surface area contributed by atoms with Gasteiger partial charge in [0.1, 0.15) is 0 Å². The van der Waals surface area contributed by atoms with Crippen molar-refractivity contribution in [1.82, 2.24) is 0 Å². The molecule has 0 aliphatic carbocycles. The normalized spacial score (nSPS) is 11.2. The van der Waals surface area contributed by atoms with Gasteiger partial charge in [0.05, 0.1) is 0 Å². The van der Waals surface area contributed by atoms with Crippen molar-refractivity contribution in [3.05, 3.63) is 75.2 Å². The van der Waals surface area contributed by atoms with Gasteiger partial charge in [0, 0.05) is 5.75 Å². The number of thioether (sulfide) groups is 1. The molecule has 0 saturated heterocycles. The molecule has 0 N–H and O–H groups in total. The fourth-order valence-electron chi connectivity index (χ4n) is 2.28. The van der Waals surface area contributed by atoms with E-state index in [9.17, 15) is 0 Å². The van der Waals surface area contributed by atoms with Crippen molar-refractivity contribution in [2.75, 3.05) is 0 Å². The predicted octanol–water partition coefficient (Wildman–Crippen LogP) is 5.82. The third-order valence-corrected chi connectivity index (χ3v) is 4.31. The number of hydrogen-bond donors (Lipinski definition) is 0. The molecule has 0 radical (unpaired) electrons. The summed E-state index contributed by atoms with van der Waals surface area (Å²) in [4.78, 5) is 0. The highest BCUT2D eigenvalue weighted by molar-refractivity contribution is 8.01. The molecule has 0 spiro atoms. The molecule has 0 atom stereocenters. The topological polar surface area (TPSA) is 0 Å². The molecule has 20 heavy (non-hydrogen) atoms. The van der Waals surface area contributed by atoms with Crippen LogP contribution in [0.4, 0.5) is 0 Å². The fraction of sp³-hybridized carbons (Fsp3) is 0.263. The van der Waals surface area contributed by atoms with Gasteiger partial charge < -0.3 is 0 Å². The smallest absolute Gasteiger partial charge is 0.0228 e. The second-order valence-electron chi connectivity index (χ2n) is 5.40. The lowest BCUT2D eigenvalue weighted by molar-refractivity contribution is 1.28. The van der Waals surface area contributed by atoms with Gasteiger partial charge in [0.15, 0.2) is 0 Å². The summed E-state index contributed by atoms with van der Waals surface area (Å²) in [6, 6.07) is 13.3. The number of rotatable bonds is 4. The summed E-state index contributed by atoms with van der Waals surface area (Å²) in [5, 5.41) is 2.21. The van der Waals surface area contributed by atoms with Gasteiger partial charge in [-0.05, 0) is 61.4 Å². The van der Waals surface area contributed by atoms with Gasteiger partial charge in [-0.15, -0.1) is 11.8 Å². The minimum Gasteiger partial charge on any atom is -0.129 e.